The van der Waals surface area contributed by atoms with Gasteiger partial charge in [-0.25, -0.2) is 0 Å². The quantitative estimate of drug-likeness (QED) is 0.529. The molecule has 0 spiro atoms. The molecule has 1 aliphatic carbocycles. The first-order valence-electron chi connectivity index (χ1n) is 11.3. The lowest BCUT2D eigenvalue weighted by Gasteiger charge is -2.37. The van der Waals surface area contributed by atoms with E-state index in [0.717, 1.165) is 43.2 Å². The van der Waals surface area contributed by atoms with Crippen LogP contribution in [0.25, 0.3) is 11.1 Å². The van der Waals surface area contributed by atoms with Gasteiger partial charge in [0, 0.05) is 26.2 Å². The second kappa shape index (κ2) is 9.05. The Morgan fingerprint density at radius 2 is 1.53 bits per heavy atom. The average Bonchev–Trinajstić information content (AvgIpc) is 3.18. The molecule has 5 rings (SSSR count). The molecule has 1 heterocycles. The Labute approximate surface area is 189 Å². The highest BCUT2D eigenvalue weighted by Crippen LogP contribution is 2.46. The molecule has 1 aliphatic heterocycles. The van der Waals surface area contributed by atoms with Crippen LogP contribution in [0.2, 0.25) is 0 Å². The minimum Gasteiger partial charge on any atom is -0.493 e. The first kappa shape index (κ1) is 20.6. The molecule has 5 nitrogen and oxygen atoms in total. The van der Waals surface area contributed by atoms with Crippen molar-refractivity contribution in [2.75, 3.05) is 39.9 Å². The van der Waals surface area contributed by atoms with E-state index in [2.05, 4.69) is 58.4 Å². The normalized spacial score (nSPS) is 16.2. The fraction of sp³-hybridized carbons (Fsp3) is 0.296. The van der Waals surface area contributed by atoms with E-state index in [1.165, 1.54) is 22.3 Å². The average molecular weight is 428 g/mol. The standard InChI is InChI=1S/C27H29N3O2/c1-3-32-25-13-12-20(18-26(25)31-2)19-28-30-16-14-29(15-17-30)27-23-10-6-4-8-21(23)22-9-5-7-11-24(22)27/h4-13,18-19,27H,3,14-17H2,1-2H3. The van der Waals surface area contributed by atoms with Gasteiger partial charge in [0.05, 0.1) is 26.0 Å². The number of hydrazone groups is 1. The molecule has 0 radical (unpaired) electrons. The van der Waals surface area contributed by atoms with Gasteiger partial charge in [-0.15, -0.1) is 0 Å². The van der Waals surface area contributed by atoms with Gasteiger partial charge in [0.2, 0.25) is 0 Å². The molecule has 3 aromatic rings. The maximum absolute atomic E-state index is 5.60. The highest BCUT2D eigenvalue weighted by atomic mass is 16.5. The second-order valence-electron chi connectivity index (χ2n) is 8.15. The summed E-state index contributed by atoms with van der Waals surface area (Å²) < 4.78 is 11.1. The fourth-order valence-corrected chi connectivity index (χ4v) is 4.79. The number of rotatable bonds is 6. The lowest BCUT2D eigenvalue weighted by atomic mass is 10.0. The van der Waals surface area contributed by atoms with Gasteiger partial charge in [0.1, 0.15) is 0 Å². The molecule has 0 bridgehead atoms. The van der Waals surface area contributed by atoms with E-state index in [9.17, 15) is 0 Å². The van der Waals surface area contributed by atoms with Crippen molar-refractivity contribution in [1.82, 2.24) is 9.91 Å². The van der Waals surface area contributed by atoms with Crippen molar-refractivity contribution in [3.05, 3.63) is 83.4 Å². The van der Waals surface area contributed by atoms with E-state index in [4.69, 9.17) is 14.6 Å². The molecule has 164 valence electrons. The summed E-state index contributed by atoms with van der Waals surface area (Å²) in [4.78, 5) is 2.59. The monoisotopic (exact) mass is 427 g/mol. The molecule has 3 aromatic carbocycles. The highest BCUT2D eigenvalue weighted by molar-refractivity contribution is 5.81. The van der Waals surface area contributed by atoms with E-state index < -0.39 is 0 Å². The Morgan fingerprint density at radius 1 is 0.875 bits per heavy atom. The second-order valence-corrected chi connectivity index (χ2v) is 8.15. The molecule has 32 heavy (non-hydrogen) atoms. The van der Waals surface area contributed by atoms with E-state index >= 15 is 0 Å². The third kappa shape index (κ3) is 3.84. The SMILES string of the molecule is CCOc1ccc(C=NN2CCN(C3c4ccccc4-c4ccccc43)CC2)cc1OC. The van der Waals surface area contributed by atoms with Crippen molar-refractivity contribution in [2.24, 2.45) is 5.10 Å². The van der Waals surface area contributed by atoms with Crippen LogP contribution < -0.4 is 9.47 Å². The van der Waals surface area contributed by atoms with Crippen molar-refractivity contribution >= 4 is 6.21 Å². The Hall–Kier alpha value is -3.31. The summed E-state index contributed by atoms with van der Waals surface area (Å²) in [6, 6.07) is 23.9. The number of ether oxygens (including phenoxy) is 2. The minimum absolute atomic E-state index is 0.337. The zero-order valence-corrected chi connectivity index (χ0v) is 18.7. The lowest BCUT2D eigenvalue weighted by molar-refractivity contribution is 0.114. The van der Waals surface area contributed by atoms with Crippen LogP contribution >= 0.6 is 0 Å². The number of hydrogen-bond acceptors (Lipinski definition) is 5. The Bertz CT molecular complexity index is 1070. The molecule has 2 aliphatic rings. The zero-order chi connectivity index (χ0) is 21.9. The van der Waals surface area contributed by atoms with E-state index in [-0.39, 0.29) is 0 Å². The summed E-state index contributed by atoms with van der Waals surface area (Å²) in [5.74, 6) is 1.50. The van der Waals surface area contributed by atoms with Crippen LogP contribution in [0.5, 0.6) is 11.5 Å². The number of methoxy groups -OCH3 is 1. The molecule has 0 N–H and O–H groups in total. The molecule has 5 heteroatoms. The first-order chi connectivity index (χ1) is 15.8. The number of hydrogen-bond donors (Lipinski definition) is 0. The molecule has 1 fully saturated rings. The summed E-state index contributed by atoms with van der Waals surface area (Å²) in [6.07, 6.45) is 1.91. The highest BCUT2D eigenvalue weighted by Gasteiger charge is 2.33. The van der Waals surface area contributed by atoms with Crippen LogP contribution in [0.15, 0.2) is 71.8 Å². The molecule has 0 atom stereocenters. The van der Waals surface area contributed by atoms with E-state index in [1.807, 2.05) is 31.3 Å². The number of fused-ring (bicyclic) bond motifs is 3. The van der Waals surface area contributed by atoms with E-state index in [1.54, 1.807) is 7.11 Å². The number of piperazine rings is 1. The number of benzene rings is 3. The van der Waals surface area contributed by atoms with Crippen LogP contribution in [-0.4, -0.2) is 56.0 Å². The van der Waals surface area contributed by atoms with Gasteiger partial charge < -0.3 is 9.47 Å². The van der Waals surface area contributed by atoms with Crippen LogP contribution in [0.4, 0.5) is 0 Å². The molecule has 0 aromatic heterocycles. The minimum atomic E-state index is 0.337. The summed E-state index contributed by atoms with van der Waals surface area (Å²) in [5.41, 5.74) is 6.60. The topological polar surface area (TPSA) is 37.3 Å². The summed E-state index contributed by atoms with van der Waals surface area (Å²) >= 11 is 0. The van der Waals surface area contributed by atoms with Gasteiger partial charge in [-0.05, 0) is 52.9 Å². The van der Waals surface area contributed by atoms with Crippen LogP contribution in [0.3, 0.4) is 0 Å². The van der Waals surface area contributed by atoms with Crippen molar-refractivity contribution in [2.45, 2.75) is 13.0 Å². The molecular formula is C27H29N3O2. The number of nitrogens with zero attached hydrogens (tertiary/aromatic N) is 3. The molecule has 0 unspecified atom stereocenters. The first-order valence-corrected chi connectivity index (χ1v) is 11.3. The molecule has 0 amide bonds. The Morgan fingerprint density at radius 3 is 2.16 bits per heavy atom. The van der Waals surface area contributed by atoms with Crippen LogP contribution in [0.1, 0.15) is 29.7 Å². The third-order valence-electron chi connectivity index (χ3n) is 6.31. The van der Waals surface area contributed by atoms with Crippen molar-refractivity contribution in [3.8, 4) is 22.6 Å². The summed E-state index contributed by atoms with van der Waals surface area (Å²) in [7, 11) is 1.66. The van der Waals surface area contributed by atoms with Gasteiger partial charge in [-0.2, -0.15) is 5.10 Å². The third-order valence-corrected chi connectivity index (χ3v) is 6.31. The maximum atomic E-state index is 5.60. The predicted molar refractivity (Wildman–Crippen MR) is 129 cm³/mol. The van der Waals surface area contributed by atoms with Gasteiger partial charge in [0.15, 0.2) is 11.5 Å². The van der Waals surface area contributed by atoms with Gasteiger partial charge in [0.25, 0.3) is 0 Å². The largest absolute Gasteiger partial charge is 0.493 e. The maximum Gasteiger partial charge on any atom is 0.161 e. The molecule has 1 saturated heterocycles. The molecular weight excluding hydrogens is 398 g/mol. The Kier molecular flexibility index (Phi) is 5.82. The van der Waals surface area contributed by atoms with Crippen LogP contribution in [0, 0.1) is 0 Å². The smallest absolute Gasteiger partial charge is 0.161 e. The van der Waals surface area contributed by atoms with E-state index in [0.29, 0.717) is 12.6 Å². The fourth-order valence-electron chi connectivity index (χ4n) is 4.79. The van der Waals surface area contributed by atoms with Crippen molar-refractivity contribution in [3.63, 3.8) is 0 Å². The summed E-state index contributed by atoms with van der Waals surface area (Å²) in [5, 5.41) is 6.90. The lowest BCUT2D eigenvalue weighted by Crippen LogP contribution is -2.45. The van der Waals surface area contributed by atoms with Crippen molar-refractivity contribution < 1.29 is 9.47 Å². The Balaban J connectivity index is 1.27. The van der Waals surface area contributed by atoms with Gasteiger partial charge in [-0.1, -0.05) is 48.5 Å². The zero-order valence-electron chi connectivity index (χ0n) is 18.7. The van der Waals surface area contributed by atoms with Gasteiger partial charge in [-0.3, -0.25) is 9.91 Å². The molecule has 0 saturated carbocycles. The van der Waals surface area contributed by atoms with Gasteiger partial charge >= 0.3 is 0 Å². The van der Waals surface area contributed by atoms with Crippen molar-refractivity contribution in [1.29, 1.82) is 0 Å². The van der Waals surface area contributed by atoms with Crippen LogP contribution in [-0.2, 0) is 0 Å². The predicted octanol–water partition coefficient (Wildman–Crippen LogP) is 4.82. The summed E-state index contributed by atoms with van der Waals surface area (Å²) in [6.45, 7) is 6.37.